The lowest BCUT2D eigenvalue weighted by atomic mass is 10.5. The molecule has 0 aliphatic carbocycles. The number of carbonyl (C=O) groups is 1. The van der Waals surface area contributed by atoms with Crippen LogP contribution in [0.15, 0.2) is 0 Å². The molecule has 56 valence electrons. The summed E-state index contributed by atoms with van der Waals surface area (Å²) in [6.45, 7) is 3.48. The highest BCUT2D eigenvalue weighted by molar-refractivity contribution is 5.67. The summed E-state index contributed by atoms with van der Waals surface area (Å²) in [6, 6.07) is 1.76. The van der Waals surface area contributed by atoms with Crippen LogP contribution in [0.5, 0.6) is 0 Å². The SMILES string of the molecule is CC(C)OC(=O)NCC#N. The van der Waals surface area contributed by atoms with E-state index in [0.29, 0.717) is 0 Å². The van der Waals surface area contributed by atoms with Gasteiger partial charge in [0.05, 0.1) is 12.2 Å². The van der Waals surface area contributed by atoms with Crippen LogP contribution in [0.25, 0.3) is 0 Å². The first-order chi connectivity index (χ1) is 4.66. The van der Waals surface area contributed by atoms with Crippen LogP contribution in [0.2, 0.25) is 0 Å². The standard InChI is InChI=1S/C6H10N2O2/c1-5(2)10-6(9)8-4-3-7/h5H,4H2,1-2H3,(H,8,9). The minimum absolute atomic E-state index is 0.00838. The molecule has 0 bridgehead atoms. The Hall–Kier alpha value is -1.24. The molecular formula is C6H10N2O2. The predicted octanol–water partition coefficient (Wildman–Crippen LogP) is 0.645. The largest absolute Gasteiger partial charge is 0.447 e. The van der Waals surface area contributed by atoms with Crippen molar-refractivity contribution in [2.24, 2.45) is 0 Å². The Morgan fingerprint density at radius 1 is 1.80 bits per heavy atom. The molecule has 0 unspecified atom stereocenters. The molecule has 0 aliphatic rings. The average Bonchev–Trinajstić information content (AvgIpc) is 1.82. The predicted molar refractivity (Wildman–Crippen MR) is 35.2 cm³/mol. The van der Waals surface area contributed by atoms with Gasteiger partial charge >= 0.3 is 6.09 Å². The van der Waals surface area contributed by atoms with Crippen LogP contribution in [0.3, 0.4) is 0 Å². The third-order valence-electron chi connectivity index (χ3n) is 0.655. The fourth-order valence-corrected chi connectivity index (χ4v) is 0.367. The number of alkyl carbamates (subject to hydrolysis) is 1. The summed E-state index contributed by atoms with van der Waals surface area (Å²) >= 11 is 0. The molecule has 0 rings (SSSR count). The van der Waals surface area contributed by atoms with E-state index in [1.165, 1.54) is 0 Å². The Bertz CT molecular complexity index is 148. The van der Waals surface area contributed by atoms with Crippen LogP contribution in [0, 0.1) is 11.3 Å². The van der Waals surface area contributed by atoms with Crippen molar-refractivity contribution >= 4 is 6.09 Å². The van der Waals surface area contributed by atoms with Gasteiger partial charge in [0.15, 0.2) is 0 Å². The summed E-state index contributed by atoms with van der Waals surface area (Å²) in [6.07, 6.45) is -0.685. The topological polar surface area (TPSA) is 62.1 Å². The van der Waals surface area contributed by atoms with Crippen LogP contribution < -0.4 is 5.32 Å². The quantitative estimate of drug-likeness (QED) is 0.575. The molecule has 0 saturated heterocycles. The number of nitrogens with zero attached hydrogens (tertiary/aromatic N) is 1. The van der Waals surface area contributed by atoms with Crippen molar-refractivity contribution in [3.8, 4) is 6.07 Å². The fourth-order valence-electron chi connectivity index (χ4n) is 0.367. The van der Waals surface area contributed by atoms with Gasteiger partial charge in [-0.1, -0.05) is 0 Å². The summed E-state index contributed by atoms with van der Waals surface area (Å²) in [5, 5.41) is 10.3. The molecule has 0 spiro atoms. The van der Waals surface area contributed by atoms with E-state index in [1.54, 1.807) is 19.9 Å². The molecule has 0 atom stereocenters. The van der Waals surface area contributed by atoms with E-state index in [4.69, 9.17) is 5.26 Å². The third-order valence-corrected chi connectivity index (χ3v) is 0.655. The third kappa shape index (κ3) is 4.91. The van der Waals surface area contributed by atoms with Crippen LogP contribution in [-0.2, 0) is 4.74 Å². The molecule has 0 aromatic heterocycles. The van der Waals surface area contributed by atoms with E-state index in [2.05, 4.69) is 10.1 Å². The van der Waals surface area contributed by atoms with E-state index >= 15 is 0 Å². The zero-order valence-electron chi connectivity index (χ0n) is 6.05. The van der Waals surface area contributed by atoms with E-state index in [-0.39, 0.29) is 12.6 Å². The van der Waals surface area contributed by atoms with E-state index in [1.807, 2.05) is 0 Å². The van der Waals surface area contributed by atoms with Crippen molar-refractivity contribution in [1.82, 2.24) is 5.32 Å². The number of carbonyl (C=O) groups excluding carboxylic acids is 1. The number of hydrogen-bond donors (Lipinski definition) is 1. The van der Waals surface area contributed by atoms with Gasteiger partial charge in [-0.2, -0.15) is 5.26 Å². The summed E-state index contributed by atoms with van der Waals surface area (Å²) in [5.41, 5.74) is 0. The number of hydrogen-bond acceptors (Lipinski definition) is 3. The zero-order valence-corrected chi connectivity index (χ0v) is 6.05. The molecule has 10 heavy (non-hydrogen) atoms. The van der Waals surface area contributed by atoms with E-state index < -0.39 is 6.09 Å². The van der Waals surface area contributed by atoms with Crippen molar-refractivity contribution < 1.29 is 9.53 Å². The van der Waals surface area contributed by atoms with Gasteiger partial charge in [-0.15, -0.1) is 0 Å². The van der Waals surface area contributed by atoms with Gasteiger partial charge in [0.1, 0.15) is 6.54 Å². The lowest BCUT2D eigenvalue weighted by Crippen LogP contribution is -2.26. The number of rotatable bonds is 2. The van der Waals surface area contributed by atoms with Crippen LogP contribution >= 0.6 is 0 Å². The Balaban J connectivity index is 3.37. The molecule has 0 heterocycles. The minimum atomic E-state index is -0.545. The van der Waals surface area contributed by atoms with Crippen molar-refractivity contribution in [2.75, 3.05) is 6.54 Å². The fraction of sp³-hybridized carbons (Fsp3) is 0.667. The molecule has 0 aromatic carbocycles. The van der Waals surface area contributed by atoms with Crippen LogP contribution in [0.4, 0.5) is 4.79 Å². The molecule has 0 aromatic rings. The van der Waals surface area contributed by atoms with Gasteiger partial charge < -0.3 is 10.1 Å². The highest BCUT2D eigenvalue weighted by Crippen LogP contribution is 1.86. The summed E-state index contributed by atoms with van der Waals surface area (Å²) < 4.78 is 4.65. The second kappa shape index (κ2) is 4.62. The second-order valence-electron chi connectivity index (χ2n) is 1.97. The molecule has 1 N–H and O–H groups in total. The number of ether oxygens (including phenoxy) is 1. The summed E-state index contributed by atoms with van der Waals surface area (Å²) in [7, 11) is 0. The molecule has 0 radical (unpaired) electrons. The van der Waals surface area contributed by atoms with Gasteiger partial charge in [-0.3, -0.25) is 0 Å². The lowest BCUT2D eigenvalue weighted by molar-refractivity contribution is 0.117. The first-order valence-corrected chi connectivity index (χ1v) is 2.98. The van der Waals surface area contributed by atoms with Crippen molar-refractivity contribution in [3.63, 3.8) is 0 Å². The van der Waals surface area contributed by atoms with Gasteiger partial charge in [0.2, 0.25) is 0 Å². The molecule has 4 nitrogen and oxygen atoms in total. The smallest absolute Gasteiger partial charge is 0.408 e. The second-order valence-corrected chi connectivity index (χ2v) is 1.97. The van der Waals surface area contributed by atoms with Gasteiger partial charge in [0.25, 0.3) is 0 Å². The monoisotopic (exact) mass is 142 g/mol. The van der Waals surface area contributed by atoms with Crippen LogP contribution in [-0.4, -0.2) is 18.7 Å². The Kier molecular flexibility index (Phi) is 4.05. The maximum Gasteiger partial charge on any atom is 0.408 e. The highest BCUT2D eigenvalue weighted by Gasteiger charge is 2.01. The number of amides is 1. The number of nitriles is 1. The Morgan fingerprint density at radius 2 is 2.40 bits per heavy atom. The normalized spacial score (nSPS) is 8.60. The molecule has 0 saturated carbocycles. The Labute approximate surface area is 59.8 Å². The van der Waals surface area contributed by atoms with Gasteiger partial charge in [0, 0.05) is 0 Å². The molecule has 4 heteroatoms. The average molecular weight is 142 g/mol. The first kappa shape index (κ1) is 8.76. The minimum Gasteiger partial charge on any atom is -0.447 e. The van der Waals surface area contributed by atoms with Crippen molar-refractivity contribution in [2.45, 2.75) is 20.0 Å². The highest BCUT2D eigenvalue weighted by atomic mass is 16.6. The summed E-state index contributed by atoms with van der Waals surface area (Å²) in [5.74, 6) is 0. The van der Waals surface area contributed by atoms with Crippen molar-refractivity contribution in [3.05, 3.63) is 0 Å². The maximum absolute atomic E-state index is 10.5. The zero-order chi connectivity index (χ0) is 7.98. The molecular weight excluding hydrogens is 132 g/mol. The summed E-state index contributed by atoms with van der Waals surface area (Å²) in [4.78, 5) is 10.5. The maximum atomic E-state index is 10.5. The van der Waals surface area contributed by atoms with Gasteiger partial charge in [-0.25, -0.2) is 4.79 Å². The first-order valence-electron chi connectivity index (χ1n) is 2.98. The van der Waals surface area contributed by atoms with Gasteiger partial charge in [-0.05, 0) is 13.8 Å². The Morgan fingerprint density at radius 3 is 2.80 bits per heavy atom. The van der Waals surface area contributed by atoms with Crippen molar-refractivity contribution in [1.29, 1.82) is 5.26 Å². The van der Waals surface area contributed by atoms with Crippen LogP contribution in [0.1, 0.15) is 13.8 Å². The number of nitrogens with one attached hydrogen (secondary N) is 1. The van der Waals surface area contributed by atoms with E-state index in [9.17, 15) is 4.79 Å². The molecule has 0 fully saturated rings. The molecule has 1 amide bonds. The lowest BCUT2D eigenvalue weighted by Gasteiger charge is -2.06. The van der Waals surface area contributed by atoms with E-state index in [0.717, 1.165) is 0 Å². The molecule has 0 aliphatic heterocycles.